The van der Waals surface area contributed by atoms with Gasteiger partial charge in [0.1, 0.15) is 5.75 Å². The molecule has 1 aromatic rings. The first-order chi connectivity index (χ1) is 11.1. The van der Waals surface area contributed by atoms with E-state index in [0.29, 0.717) is 5.75 Å². The minimum atomic E-state index is -3.56. The van der Waals surface area contributed by atoms with Crippen molar-refractivity contribution in [3.05, 3.63) is 36.3 Å². The van der Waals surface area contributed by atoms with Gasteiger partial charge in [0.2, 0.25) is 20.0 Å². The van der Waals surface area contributed by atoms with Gasteiger partial charge in [0.25, 0.3) is 0 Å². The maximum absolute atomic E-state index is 12.5. The molecule has 24 heavy (non-hydrogen) atoms. The van der Waals surface area contributed by atoms with Gasteiger partial charge < -0.3 is 4.74 Å². The Labute approximate surface area is 143 Å². The number of rotatable bonds is 8. The number of hydrogen-bond donors (Lipinski definition) is 1. The Morgan fingerprint density at radius 1 is 1.25 bits per heavy atom. The zero-order chi connectivity index (χ0) is 18.0. The molecule has 0 aromatic heterocycles. The summed E-state index contributed by atoms with van der Waals surface area (Å²) >= 11 is 0. The Morgan fingerprint density at radius 3 is 2.33 bits per heavy atom. The van der Waals surface area contributed by atoms with Crippen LogP contribution in [0.5, 0.6) is 5.75 Å². The van der Waals surface area contributed by atoms with Gasteiger partial charge in [-0.1, -0.05) is 6.58 Å². The maximum atomic E-state index is 12.5. The first-order valence-corrected chi connectivity index (χ1v) is 10.5. The molecule has 9 heteroatoms. The van der Waals surface area contributed by atoms with Gasteiger partial charge in [-0.15, -0.1) is 0 Å². The lowest BCUT2D eigenvalue weighted by molar-refractivity contribution is 0.203. The summed E-state index contributed by atoms with van der Waals surface area (Å²) in [6, 6.07) is 6.28. The van der Waals surface area contributed by atoms with Crippen molar-refractivity contribution in [2.75, 3.05) is 19.6 Å². The molecule has 0 unspecified atom stereocenters. The molecule has 134 valence electrons. The van der Waals surface area contributed by atoms with Crippen LogP contribution in [0.1, 0.15) is 13.8 Å². The fraction of sp³-hybridized carbons (Fsp3) is 0.467. The molecule has 0 aliphatic carbocycles. The van der Waals surface area contributed by atoms with Crippen LogP contribution in [-0.2, 0) is 20.0 Å². The summed E-state index contributed by atoms with van der Waals surface area (Å²) in [4.78, 5) is 0.198. The Bertz CT molecular complexity index is 780. The minimum absolute atomic E-state index is 0.0166. The molecule has 7 nitrogen and oxygen atoms in total. The molecular formula is C15H22N2O5S2. The molecule has 1 N–H and O–H groups in total. The van der Waals surface area contributed by atoms with E-state index in [4.69, 9.17) is 4.74 Å². The van der Waals surface area contributed by atoms with Gasteiger partial charge in [0.15, 0.2) is 0 Å². The van der Waals surface area contributed by atoms with Crippen molar-refractivity contribution in [1.29, 1.82) is 0 Å². The smallest absolute Gasteiger partial charge is 0.243 e. The van der Waals surface area contributed by atoms with E-state index in [1.807, 2.05) is 13.8 Å². The number of nitrogens with zero attached hydrogens (tertiary/aromatic N) is 1. The lowest BCUT2D eigenvalue weighted by Crippen LogP contribution is -2.53. The predicted molar refractivity (Wildman–Crippen MR) is 91.6 cm³/mol. The van der Waals surface area contributed by atoms with E-state index < -0.39 is 20.0 Å². The average molecular weight is 374 g/mol. The van der Waals surface area contributed by atoms with Crippen LogP contribution in [0.15, 0.2) is 41.1 Å². The van der Waals surface area contributed by atoms with Gasteiger partial charge in [0.05, 0.1) is 11.0 Å². The number of sulfonamides is 2. The standard InChI is InChI=1S/C15H22N2O5S2/c1-4-23(18,19)16-9-13-10-17(11-13)24(20,21)15-7-5-14(6-8-15)22-12(2)3/h4-8,12-13,16H,1,9-11H2,2-3H3. The molecule has 2 rings (SSSR count). The lowest BCUT2D eigenvalue weighted by Gasteiger charge is -2.38. The minimum Gasteiger partial charge on any atom is -0.491 e. The Morgan fingerprint density at radius 2 is 1.83 bits per heavy atom. The molecule has 0 radical (unpaired) electrons. The third-order valence-corrected chi connectivity index (χ3v) is 6.40. The summed E-state index contributed by atoms with van der Waals surface area (Å²) in [5.41, 5.74) is 0. The molecule has 0 saturated carbocycles. The van der Waals surface area contributed by atoms with Gasteiger partial charge in [-0.05, 0) is 38.1 Å². The predicted octanol–water partition coefficient (Wildman–Crippen LogP) is 1.16. The number of hydrogen-bond acceptors (Lipinski definition) is 5. The normalized spacial score (nSPS) is 16.8. The first kappa shape index (κ1) is 18.9. The highest BCUT2D eigenvalue weighted by Crippen LogP contribution is 2.26. The fourth-order valence-electron chi connectivity index (χ4n) is 2.25. The molecule has 1 aliphatic rings. The van der Waals surface area contributed by atoms with E-state index in [1.54, 1.807) is 12.1 Å². The highest BCUT2D eigenvalue weighted by molar-refractivity contribution is 7.92. The first-order valence-electron chi connectivity index (χ1n) is 7.53. The van der Waals surface area contributed by atoms with E-state index in [9.17, 15) is 16.8 Å². The van der Waals surface area contributed by atoms with Crippen molar-refractivity contribution >= 4 is 20.0 Å². The van der Waals surface area contributed by atoms with Crippen LogP contribution in [0.25, 0.3) is 0 Å². The molecule has 0 amide bonds. The van der Waals surface area contributed by atoms with Crippen LogP contribution in [-0.4, -0.2) is 46.9 Å². The molecule has 0 atom stereocenters. The summed E-state index contributed by atoms with van der Waals surface area (Å²) in [5.74, 6) is 0.572. The molecule has 1 saturated heterocycles. The van der Waals surface area contributed by atoms with Crippen molar-refractivity contribution in [2.24, 2.45) is 5.92 Å². The van der Waals surface area contributed by atoms with Crippen LogP contribution < -0.4 is 9.46 Å². The van der Waals surface area contributed by atoms with Gasteiger partial charge in [-0.25, -0.2) is 21.6 Å². The van der Waals surface area contributed by atoms with Crippen molar-refractivity contribution < 1.29 is 21.6 Å². The molecule has 0 bridgehead atoms. The van der Waals surface area contributed by atoms with E-state index in [2.05, 4.69) is 11.3 Å². The van der Waals surface area contributed by atoms with Crippen molar-refractivity contribution in [3.63, 3.8) is 0 Å². The third-order valence-electron chi connectivity index (χ3n) is 3.55. The topological polar surface area (TPSA) is 92.8 Å². The summed E-state index contributed by atoms with van der Waals surface area (Å²) in [6.07, 6.45) is 0.0166. The van der Waals surface area contributed by atoms with E-state index in [-0.39, 0.29) is 36.6 Å². The van der Waals surface area contributed by atoms with Crippen molar-refractivity contribution in [2.45, 2.75) is 24.8 Å². The molecule has 1 aliphatic heterocycles. The highest BCUT2D eigenvalue weighted by atomic mass is 32.2. The van der Waals surface area contributed by atoms with E-state index in [1.165, 1.54) is 16.4 Å². The third kappa shape index (κ3) is 4.56. The Balaban J connectivity index is 1.94. The molecule has 1 fully saturated rings. The number of benzene rings is 1. The Kier molecular flexibility index (Phi) is 5.69. The van der Waals surface area contributed by atoms with Crippen LogP contribution in [0, 0.1) is 5.92 Å². The second-order valence-corrected chi connectivity index (χ2v) is 9.54. The monoisotopic (exact) mass is 374 g/mol. The summed E-state index contributed by atoms with van der Waals surface area (Å²) in [5, 5.41) is 0.834. The second-order valence-electron chi connectivity index (χ2n) is 5.89. The van der Waals surface area contributed by atoms with Crippen LogP contribution in [0.4, 0.5) is 0 Å². The van der Waals surface area contributed by atoms with Crippen molar-refractivity contribution in [3.8, 4) is 5.75 Å². The SMILES string of the molecule is C=CS(=O)(=O)NCC1CN(S(=O)(=O)c2ccc(OC(C)C)cc2)C1. The largest absolute Gasteiger partial charge is 0.491 e. The average Bonchev–Trinajstić information content (AvgIpc) is 2.45. The van der Waals surface area contributed by atoms with Crippen LogP contribution in [0.2, 0.25) is 0 Å². The maximum Gasteiger partial charge on any atom is 0.243 e. The van der Waals surface area contributed by atoms with Gasteiger partial charge in [-0.3, -0.25) is 0 Å². The summed E-state index contributed by atoms with van der Waals surface area (Å²) in [6.45, 7) is 7.76. The zero-order valence-corrected chi connectivity index (χ0v) is 15.3. The van der Waals surface area contributed by atoms with Gasteiger partial charge in [-0.2, -0.15) is 4.31 Å². The Hall–Kier alpha value is -1.42. The zero-order valence-electron chi connectivity index (χ0n) is 13.7. The van der Waals surface area contributed by atoms with Gasteiger partial charge >= 0.3 is 0 Å². The van der Waals surface area contributed by atoms with Crippen LogP contribution in [0.3, 0.4) is 0 Å². The molecule has 0 spiro atoms. The van der Waals surface area contributed by atoms with Crippen molar-refractivity contribution in [1.82, 2.24) is 9.03 Å². The van der Waals surface area contributed by atoms with E-state index >= 15 is 0 Å². The molecule has 1 heterocycles. The second kappa shape index (κ2) is 7.22. The quantitative estimate of drug-likeness (QED) is 0.737. The fourth-order valence-corrected chi connectivity index (χ4v) is 4.43. The lowest BCUT2D eigenvalue weighted by atomic mass is 10.0. The summed E-state index contributed by atoms with van der Waals surface area (Å²) in [7, 11) is -7.04. The number of ether oxygens (including phenoxy) is 1. The van der Waals surface area contributed by atoms with Crippen LogP contribution >= 0.6 is 0 Å². The molecule has 1 aromatic carbocycles. The highest BCUT2D eigenvalue weighted by Gasteiger charge is 2.36. The number of nitrogens with one attached hydrogen (secondary N) is 1. The van der Waals surface area contributed by atoms with E-state index in [0.717, 1.165) is 5.41 Å². The summed E-state index contributed by atoms with van der Waals surface area (Å²) < 4.78 is 56.7. The van der Waals surface area contributed by atoms with Gasteiger partial charge in [0, 0.05) is 31.0 Å². The molecular weight excluding hydrogens is 352 g/mol.